The number of nitrogens with one attached hydrogen (secondary N) is 1. The lowest BCUT2D eigenvalue weighted by molar-refractivity contribution is 0.429. The molecule has 1 aromatic rings. The van der Waals surface area contributed by atoms with Crippen molar-refractivity contribution in [1.29, 1.82) is 0 Å². The molecule has 0 aromatic carbocycles. The third kappa shape index (κ3) is 3.57. The van der Waals surface area contributed by atoms with Gasteiger partial charge in [-0.3, -0.25) is 0 Å². The summed E-state index contributed by atoms with van der Waals surface area (Å²) in [6.07, 6.45) is 9.60. The monoisotopic (exact) mass is 287 g/mol. The van der Waals surface area contributed by atoms with Gasteiger partial charge in [-0.05, 0) is 56.7 Å². The van der Waals surface area contributed by atoms with Crippen molar-refractivity contribution in [2.45, 2.75) is 64.5 Å². The molecule has 3 rings (SSSR count). The Morgan fingerprint density at radius 2 is 2.05 bits per heavy atom. The molecule has 1 aliphatic heterocycles. The number of pyridine rings is 1. The Kier molecular flexibility index (Phi) is 5.13. The number of hydrogen-bond acceptors (Lipinski definition) is 3. The molecule has 3 heteroatoms. The maximum absolute atomic E-state index is 4.91. The smallest absolute Gasteiger partial charge is 0.129 e. The highest BCUT2D eigenvalue weighted by Gasteiger charge is 2.33. The van der Waals surface area contributed by atoms with Crippen molar-refractivity contribution in [1.82, 2.24) is 10.3 Å². The third-order valence-electron chi connectivity index (χ3n) is 5.06. The average Bonchev–Trinajstić information content (AvgIpc) is 3.19. The summed E-state index contributed by atoms with van der Waals surface area (Å²) in [5.41, 5.74) is 1.18. The summed E-state index contributed by atoms with van der Waals surface area (Å²) in [7, 11) is 0. The van der Waals surface area contributed by atoms with Gasteiger partial charge < -0.3 is 10.2 Å². The van der Waals surface area contributed by atoms with Crippen LogP contribution < -0.4 is 10.2 Å². The fraction of sp³-hybridized carbons (Fsp3) is 0.722. The highest BCUT2D eigenvalue weighted by molar-refractivity contribution is 5.42. The van der Waals surface area contributed by atoms with Crippen molar-refractivity contribution in [3.63, 3.8) is 0 Å². The Hall–Kier alpha value is -1.09. The minimum atomic E-state index is 0.749. The van der Waals surface area contributed by atoms with E-state index in [1.54, 1.807) is 0 Å². The van der Waals surface area contributed by atoms with E-state index in [9.17, 15) is 0 Å². The molecule has 2 fully saturated rings. The van der Waals surface area contributed by atoms with Crippen LogP contribution in [-0.2, 0) is 6.54 Å². The lowest BCUT2D eigenvalue weighted by Gasteiger charge is -2.30. The first kappa shape index (κ1) is 14.8. The number of anilines is 1. The fourth-order valence-electron chi connectivity index (χ4n) is 4.03. The zero-order valence-electron chi connectivity index (χ0n) is 13.4. The van der Waals surface area contributed by atoms with Crippen LogP contribution in [0.2, 0.25) is 0 Å². The van der Waals surface area contributed by atoms with Crippen LogP contribution in [0, 0.1) is 5.92 Å². The van der Waals surface area contributed by atoms with Crippen molar-refractivity contribution >= 4 is 5.82 Å². The Morgan fingerprint density at radius 1 is 1.19 bits per heavy atom. The van der Waals surface area contributed by atoms with Crippen molar-refractivity contribution in [3.05, 3.63) is 23.9 Å². The second-order valence-electron chi connectivity index (χ2n) is 6.61. The fourth-order valence-corrected chi connectivity index (χ4v) is 4.03. The molecule has 0 amide bonds. The number of aromatic nitrogens is 1. The van der Waals surface area contributed by atoms with Crippen LogP contribution in [0.15, 0.2) is 18.2 Å². The van der Waals surface area contributed by atoms with Gasteiger partial charge >= 0.3 is 0 Å². The SMILES string of the molecule is CCCNCc1cccc(N2CCCC2C2CCCC2)n1. The summed E-state index contributed by atoms with van der Waals surface area (Å²) >= 11 is 0. The number of nitrogens with zero attached hydrogens (tertiary/aromatic N) is 2. The van der Waals surface area contributed by atoms with Crippen LogP contribution in [0.5, 0.6) is 0 Å². The molecule has 1 saturated carbocycles. The Morgan fingerprint density at radius 3 is 2.86 bits per heavy atom. The van der Waals surface area contributed by atoms with E-state index in [1.165, 1.54) is 63.0 Å². The van der Waals surface area contributed by atoms with Gasteiger partial charge in [0.2, 0.25) is 0 Å². The third-order valence-corrected chi connectivity index (χ3v) is 5.06. The van der Waals surface area contributed by atoms with Gasteiger partial charge in [-0.25, -0.2) is 4.98 Å². The van der Waals surface area contributed by atoms with Crippen molar-refractivity contribution in [2.75, 3.05) is 18.0 Å². The summed E-state index contributed by atoms with van der Waals surface area (Å²) in [5, 5.41) is 3.45. The molecule has 1 aliphatic carbocycles. The molecule has 0 radical (unpaired) electrons. The van der Waals surface area contributed by atoms with Crippen molar-refractivity contribution < 1.29 is 0 Å². The van der Waals surface area contributed by atoms with Gasteiger partial charge in [0.25, 0.3) is 0 Å². The first-order valence-electron chi connectivity index (χ1n) is 8.82. The summed E-state index contributed by atoms with van der Waals surface area (Å²) in [6.45, 7) is 5.36. The molecule has 3 nitrogen and oxygen atoms in total. The van der Waals surface area contributed by atoms with E-state index in [-0.39, 0.29) is 0 Å². The maximum atomic E-state index is 4.91. The first-order chi connectivity index (χ1) is 10.4. The molecular weight excluding hydrogens is 258 g/mol. The van der Waals surface area contributed by atoms with E-state index >= 15 is 0 Å². The van der Waals surface area contributed by atoms with E-state index in [1.807, 2.05) is 0 Å². The normalized spacial score (nSPS) is 23.1. The molecule has 2 heterocycles. The predicted octanol–water partition coefficient (Wildman–Crippen LogP) is 3.74. The Bertz CT molecular complexity index is 440. The summed E-state index contributed by atoms with van der Waals surface area (Å²) in [6, 6.07) is 7.28. The van der Waals surface area contributed by atoms with Crippen LogP contribution in [0.3, 0.4) is 0 Å². The largest absolute Gasteiger partial charge is 0.353 e. The minimum absolute atomic E-state index is 0.749. The van der Waals surface area contributed by atoms with Crippen LogP contribution in [0.1, 0.15) is 57.6 Å². The quantitative estimate of drug-likeness (QED) is 0.808. The van der Waals surface area contributed by atoms with Crippen LogP contribution in [0.25, 0.3) is 0 Å². The van der Waals surface area contributed by atoms with E-state index in [2.05, 4.69) is 35.3 Å². The van der Waals surface area contributed by atoms with Gasteiger partial charge in [0.1, 0.15) is 5.82 Å². The van der Waals surface area contributed by atoms with Crippen LogP contribution in [-0.4, -0.2) is 24.1 Å². The molecule has 1 aromatic heterocycles. The van der Waals surface area contributed by atoms with Gasteiger partial charge in [-0.2, -0.15) is 0 Å². The molecule has 1 saturated heterocycles. The average molecular weight is 287 g/mol. The lowest BCUT2D eigenvalue weighted by atomic mass is 9.96. The van der Waals surface area contributed by atoms with Crippen molar-refractivity contribution in [2.24, 2.45) is 5.92 Å². The van der Waals surface area contributed by atoms with Gasteiger partial charge in [-0.1, -0.05) is 25.8 Å². The standard InChI is InChI=1S/C18H29N3/c1-2-12-19-14-16-9-5-11-18(20-16)21-13-6-10-17(21)15-7-3-4-8-15/h5,9,11,15,17,19H,2-4,6-8,10,12-14H2,1H3. The highest BCUT2D eigenvalue weighted by atomic mass is 15.2. The first-order valence-corrected chi connectivity index (χ1v) is 8.82. The highest BCUT2D eigenvalue weighted by Crippen LogP contribution is 2.37. The molecule has 1 atom stereocenters. The lowest BCUT2D eigenvalue weighted by Crippen LogP contribution is -2.35. The van der Waals surface area contributed by atoms with Crippen LogP contribution >= 0.6 is 0 Å². The molecule has 116 valence electrons. The molecule has 2 aliphatic rings. The van der Waals surface area contributed by atoms with Gasteiger partial charge in [0.05, 0.1) is 5.69 Å². The minimum Gasteiger partial charge on any atom is -0.353 e. The molecule has 0 spiro atoms. The molecule has 0 bridgehead atoms. The Labute approximate surface area is 129 Å². The molecule has 1 unspecified atom stereocenters. The molecule has 1 N–H and O–H groups in total. The van der Waals surface area contributed by atoms with Crippen molar-refractivity contribution in [3.8, 4) is 0 Å². The second-order valence-corrected chi connectivity index (χ2v) is 6.61. The summed E-state index contributed by atoms with van der Waals surface area (Å²) in [5.74, 6) is 2.12. The van der Waals surface area contributed by atoms with Crippen LogP contribution in [0.4, 0.5) is 5.82 Å². The number of rotatable bonds is 6. The predicted molar refractivity (Wildman–Crippen MR) is 88.6 cm³/mol. The van der Waals surface area contributed by atoms with E-state index < -0.39 is 0 Å². The maximum Gasteiger partial charge on any atom is 0.129 e. The van der Waals surface area contributed by atoms with Gasteiger partial charge in [0, 0.05) is 19.1 Å². The summed E-state index contributed by atoms with van der Waals surface area (Å²) in [4.78, 5) is 7.51. The van der Waals surface area contributed by atoms with E-state index in [0.29, 0.717) is 0 Å². The van der Waals surface area contributed by atoms with E-state index in [4.69, 9.17) is 4.98 Å². The zero-order valence-corrected chi connectivity index (χ0v) is 13.4. The number of hydrogen-bond donors (Lipinski definition) is 1. The van der Waals surface area contributed by atoms with Gasteiger partial charge in [0.15, 0.2) is 0 Å². The molecule has 21 heavy (non-hydrogen) atoms. The van der Waals surface area contributed by atoms with Gasteiger partial charge in [-0.15, -0.1) is 0 Å². The Balaban J connectivity index is 1.68. The zero-order chi connectivity index (χ0) is 14.5. The van der Waals surface area contributed by atoms with E-state index in [0.717, 1.165) is 25.0 Å². The topological polar surface area (TPSA) is 28.2 Å². The molecular formula is C18H29N3. The summed E-state index contributed by atoms with van der Waals surface area (Å²) < 4.78 is 0. The second kappa shape index (κ2) is 7.26.